The highest BCUT2D eigenvalue weighted by molar-refractivity contribution is 6.45. The molecule has 142 valence electrons. The van der Waals surface area contributed by atoms with Crippen LogP contribution in [0.25, 0.3) is 0 Å². The monoisotopic (exact) mass is 380 g/mol. The minimum Gasteiger partial charge on any atom is -0.339 e. The molecule has 2 radical (unpaired) electrons. The predicted octanol–water partition coefficient (Wildman–Crippen LogP) is 3.97. The van der Waals surface area contributed by atoms with Crippen molar-refractivity contribution < 1.29 is 9.59 Å². The smallest absolute Gasteiger partial charge is 0.219 e. The number of hydrogen-bond donors (Lipinski definition) is 0. The Morgan fingerprint density at radius 3 is 1.41 bits per heavy atom. The Morgan fingerprint density at radius 2 is 1.07 bits per heavy atom. The number of benzene rings is 2. The van der Waals surface area contributed by atoms with Gasteiger partial charge in [0.25, 0.3) is 0 Å². The number of rotatable bonds is 8. The second-order valence-corrected chi connectivity index (χ2v) is 7.99. The Hall–Kier alpha value is -2.40. The molecule has 0 fully saturated rings. The lowest BCUT2D eigenvalue weighted by Crippen LogP contribution is -2.32. The molecule has 27 heavy (non-hydrogen) atoms. The number of hydrogen-bond acceptors (Lipinski definition) is 2. The summed E-state index contributed by atoms with van der Waals surface area (Å²) in [5.74, 6) is 0.160. The van der Waals surface area contributed by atoms with E-state index in [9.17, 15) is 9.59 Å². The topological polar surface area (TPSA) is 40.6 Å². The molecule has 0 aliphatic heterocycles. The summed E-state index contributed by atoms with van der Waals surface area (Å²) in [6.45, 7) is 4.05. The van der Waals surface area contributed by atoms with E-state index < -0.39 is 0 Å². The van der Waals surface area contributed by atoms with Gasteiger partial charge in [0.15, 0.2) is 0 Å². The van der Waals surface area contributed by atoms with E-state index in [-0.39, 0.29) is 23.9 Å². The van der Waals surface area contributed by atoms with Gasteiger partial charge in [0.05, 0.1) is 21.6 Å². The van der Waals surface area contributed by atoms with Gasteiger partial charge < -0.3 is 9.80 Å². The molecule has 0 heterocycles. The molecule has 0 saturated carbocycles. The van der Waals surface area contributed by atoms with Crippen LogP contribution in [0, 0.1) is 0 Å². The van der Waals surface area contributed by atoms with E-state index in [0.717, 1.165) is 11.1 Å². The van der Waals surface area contributed by atoms with Gasteiger partial charge in [-0.25, -0.2) is 0 Å². The van der Waals surface area contributed by atoms with Gasteiger partial charge in [-0.3, -0.25) is 9.59 Å². The molecule has 2 amide bonds. The number of nitrogens with zero attached hydrogens (tertiary/aromatic N) is 2. The van der Waals surface area contributed by atoms with Crippen molar-refractivity contribution in [3.63, 3.8) is 0 Å². The second-order valence-electron chi connectivity index (χ2n) is 6.79. The third-order valence-corrected chi connectivity index (χ3v) is 6.17. The summed E-state index contributed by atoms with van der Waals surface area (Å²) in [6.07, 6.45) is 0. The van der Waals surface area contributed by atoms with Crippen molar-refractivity contribution in [2.45, 2.75) is 38.0 Å². The first-order valence-corrected chi connectivity index (χ1v) is 10.6. The van der Waals surface area contributed by atoms with E-state index in [1.165, 1.54) is 0 Å². The molecule has 5 heteroatoms. The summed E-state index contributed by atoms with van der Waals surface area (Å²) in [6, 6.07) is 20.8. The second kappa shape index (κ2) is 10.1. The SMILES string of the molecule is CC(c1ccccc1)N(C)C(=O)C[Si]CC(=O)N(C)C(C)c1ccccc1. The Labute approximate surface area is 165 Å². The van der Waals surface area contributed by atoms with Gasteiger partial charge in [0, 0.05) is 26.2 Å². The molecule has 0 bridgehead atoms. The van der Waals surface area contributed by atoms with Gasteiger partial charge in [-0.1, -0.05) is 60.7 Å². The molecule has 2 unspecified atom stereocenters. The standard InChI is InChI=1S/C22H28N2O2Si/c1-17(19-11-7-5-8-12-19)23(3)21(25)15-27-16-22(26)24(4)18(2)20-13-9-6-10-14-20/h5-14,17-18H,15-16H2,1-4H3. The number of amides is 2. The van der Waals surface area contributed by atoms with Crippen LogP contribution in [0.15, 0.2) is 60.7 Å². The summed E-state index contributed by atoms with van der Waals surface area (Å²) >= 11 is 0. The highest BCUT2D eigenvalue weighted by Gasteiger charge is 2.20. The molecular formula is C22H28N2O2Si. The number of carbonyl (C=O) groups excluding carboxylic acids is 2. The highest BCUT2D eigenvalue weighted by Crippen LogP contribution is 2.20. The van der Waals surface area contributed by atoms with Crippen LogP contribution in [-0.2, 0) is 9.59 Å². The minimum atomic E-state index is 0.0278. The summed E-state index contributed by atoms with van der Waals surface area (Å²) in [5.41, 5.74) is 2.23. The molecule has 4 nitrogen and oxygen atoms in total. The van der Waals surface area contributed by atoms with Crippen molar-refractivity contribution in [3.05, 3.63) is 71.8 Å². The van der Waals surface area contributed by atoms with Crippen LogP contribution in [0.1, 0.15) is 37.1 Å². The summed E-state index contributed by atoms with van der Waals surface area (Å²) < 4.78 is 0. The van der Waals surface area contributed by atoms with Crippen molar-refractivity contribution in [2.75, 3.05) is 14.1 Å². The van der Waals surface area contributed by atoms with E-state index in [1.807, 2.05) is 88.6 Å². The van der Waals surface area contributed by atoms with Gasteiger partial charge in [0.1, 0.15) is 0 Å². The molecule has 0 saturated heterocycles. The van der Waals surface area contributed by atoms with Crippen LogP contribution < -0.4 is 0 Å². The average Bonchev–Trinajstić information content (AvgIpc) is 2.72. The summed E-state index contributed by atoms with van der Waals surface area (Å²) in [5, 5.41) is 0. The van der Waals surface area contributed by atoms with Crippen LogP contribution in [-0.4, -0.2) is 45.2 Å². The third-order valence-electron chi connectivity index (χ3n) is 5.07. The lowest BCUT2D eigenvalue weighted by molar-refractivity contribution is -0.129. The van der Waals surface area contributed by atoms with Crippen molar-refractivity contribution in [1.82, 2.24) is 9.80 Å². The lowest BCUT2D eigenvalue weighted by Gasteiger charge is -2.26. The van der Waals surface area contributed by atoms with E-state index in [2.05, 4.69) is 0 Å². The fourth-order valence-electron chi connectivity index (χ4n) is 2.87. The van der Waals surface area contributed by atoms with Crippen LogP contribution in [0.2, 0.25) is 12.1 Å². The third kappa shape index (κ3) is 5.79. The largest absolute Gasteiger partial charge is 0.339 e. The predicted molar refractivity (Wildman–Crippen MR) is 111 cm³/mol. The van der Waals surface area contributed by atoms with Gasteiger partial charge in [-0.15, -0.1) is 0 Å². The minimum absolute atomic E-state index is 0.0278. The molecule has 0 N–H and O–H groups in total. The van der Waals surface area contributed by atoms with E-state index >= 15 is 0 Å². The maximum absolute atomic E-state index is 12.5. The molecule has 2 aromatic carbocycles. The molecular weight excluding hydrogens is 352 g/mol. The summed E-state index contributed by atoms with van der Waals surface area (Å²) in [4.78, 5) is 28.5. The van der Waals surface area contributed by atoms with Crippen LogP contribution in [0.5, 0.6) is 0 Å². The fraction of sp³-hybridized carbons (Fsp3) is 0.364. The van der Waals surface area contributed by atoms with E-state index in [4.69, 9.17) is 0 Å². The zero-order chi connectivity index (χ0) is 19.8. The maximum atomic E-state index is 12.5. The van der Waals surface area contributed by atoms with Crippen LogP contribution >= 0.6 is 0 Å². The van der Waals surface area contributed by atoms with Crippen LogP contribution in [0.4, 0.5) is 0 Å². The molecule has 0 spiro atoms. The summed E-state index contributed by atoms with van der Waals surface area (Å²) in [7, 11) is 3.96. The van der Waals surface area contributed by atoms with Gasteiger partial charge >= 0.3 is 0 Å². The first kappa shape index (κ1) is 20.9. The van der Waals surface area contributed by atoms with Crippen molar-refractivity contribution in [1.29, 1.82) is 0 Å². The first-order chi connectivity index (χ1) is 12.9. The number of carbonyl (C=O) groups is 2. The van der Waals surface area contributed by atoms with Crippen molar-refractivity contribution >= 4 is 21.3 Å². The lowest BCUT2D eigenvalue weighted by atomic mass is 10.1. The quantitative estimate of drug-likeness (QED) is 0.650. The molecule has 2 atom stereocenters. The van der Waals surface area contributed by atoms with E-state index in [1.54, 1.807) is 9.80 Å². The Morgan fingerprint density at radius 1 is 0.741 bits per heavy atom. The maximum Gasteiger partial charge on any atom is 0.219 e. The fourth-order valence-corrected chi connectivity index (χ4v) is 3.92. The molecule has 0 aliphatic rings. The van der Waals surface area contributed by atoms with Crippen molar-refractivity contribution in [2.24, 2.45) is 0 Å². The molecule has 2 aromatic rings. The van der Waals surface area contributed by atoms with E-state index in [0.29, 0.717) is 21.6 Å². The van der Waals surface area contributed by atoms with Crippen LogP contribution in [0.3, 0.4) is 0 Å². The zero-order valence-corrected chi connectivity index (χ0v) is 17.6. The Balaban J connectivity index is 1.81. The first-order valence-electron chi connectivity index (χ1n) is 9.23. The Bertz CT molecular complexity index is 673. The Kier molecular flexibility index (Phi) is 7.79. The molecule has 2 rings (SSSR count). The van der Waals surface area contributed by atoms with Gasteiger partial charge in [-0.05, 0) is 25.0 Å². The normalized spacial score (nSPS) is 12.9. The molecule has 0 aromatic heterocycles. The van der Waals surface area contributed by atoms with Gasteiger partial charge in [-0.2, -0.15) is 0 Å². The zero-order valence-electron chi connectivity index (χ0n) is 16.6. The highest BCUT2D eigenvalue weighted by atomic mass is 28.2. The average molecular weight is 381 g/mol. The molecule has 0 aliphatic carbocycles. The van der Waals surface area contributed by atoms with Crippen molar-refractivity contribution in [3.8, 4) is 0 Å². The van der Waals surface area contributed by atoms with Gasteiger partial charge in [0.2, 0.25) is 11.8 Å².